The summed E-state index contributed by atoms with van der Waals surface area (Å²) in [7, 11) is 0. The third kappa shape index (κ3) is 3.18. The number of aromatic nitrogens is 1. The number of carbonyl (C=O) groups excluding carboxylic acids is 1. The summed E-state index contributed by atoms with van der Waals surface area (Å²) >= 11 is 0. The molecule has 1 heterocycles. The van der Waals surface area contributed by atoms with Crippen molar-refractivity contribution in [3.05, 3.63) is 35.9 Å². The fourth-order valence-electron chi connectivity index (χ4n) is 3.34. The summed E-state index contributed by atoms with van der Waals surface area (Å²) in [5.74, 6) is 0.636. The molecule has 1 fully saturated rings. The van der Waals surface area contributed by atoms with E-state index >= 15 is 0 Å². The van der Waals surface area contributed by atoms with E-state index in [0.717, 1.165) is 42.4 Å². The summed E-state index contributed by atoms with van der Waals surface area (Å²) in [6, 6.07) is 11.4. The van der Waals surface area contributed by atoms with Gasteiger partial charge >= 0.3 is 5.97 Å². The van der Waals surface area contributed by atoms with E-state index in [2.05, 4.69) is 16.4 Å². The average molecular weight is 323 g/mol. The number of nitriles is 1. The molecule has 0 unspecified atom stereocenters. The highest BCUT2D eigenvalue weighted by atomic mass is 16.5. The molecule has 0 amide bonds. The second-order valence-electron chi connectivity index (χ2n) is 6.28. The molecule has 5 nitrogen and oxygen atoms in total. The van der Waals surface area contributed by atoms with E-state index in [1.54, 1.807) is 6.07 Å². The van der Waals surface area contributed by atoms with E-state index in [1.807, 2.05) is 31.2 Å². The van der Waals surface area contributed by atoms with Crippen molar-refractivity contribution in [3.8, 4) is 6.07 Å². The van der Waals surface area contributed by atoms with Crippen molar-refractivity contribution in [1.82, 2.24) is 4.98 Å². The third-order valence-corrected chi connectivity index (χ3v) is 4.70. The van der Waals surface area contributed by atoms with Gasteiger partial charge in [-0.15, -0.1) is 0 Å². The minimum absolute atomic E-state index is 0.102. The van der Waals surface area contributed by atoms with Crippen molar-refractivity contribution < 1.29 is 9.53 Å². The zero-order chi connectivity index (χ0) is 17.0. The lowest BCUT2D eigenvalue weighted by molar-refractivity contribution is -0.154. The van der Waals surface area contributed by atoms with Gasteiger partial charge in [-0.05, 0) is 50.1 Å². The monoisotopic (exact) mass is 323 g/mol. The van der Waals surface area contributed by atoms with Gasteiger partial charge in [0.2, 0.25) is 0 Å². The molecule has 0 radical (unpaired) electrons. The van der Waals surface area contributed by atoms with Crippen LogP contribution in [-0.2, 0) is 9.53 Å². The second kappa shape index (κ2) is 6.88. The van der Waals surface area contributed by atoms with Gasteiger partial charge in [-0.3, -0.25) is 4.79 Å². The highest BCUT2D eigenvalue weighted by Gasteiger charge is 2.42. The van der Waals surface area contributed by atoms with Gasteiger partial charge in [0.25, 0.3) is 0 Å². The number of rotatable bonds is 5. The van der Waals surface area contributed by atoms with Crippen molar-refractivity contribution in [2.24, 2.45) is 5.41 Å². The van der Waals surface area contributed by atoms with Crippen molar-refractivity contribution in [1.29, 1.82) is 5.26 Å². The van der Waals surface area contributed by atoms with Gasteiger partial charge < -0.3 is 10.1 Å². The first kappa shape index (κ1) is 16.3. The van der Waals surface area contributed by atoms with Crippen LogP contribution in [0, 0.1) is 16.7 Å². The van der Waals surface area contributed by atoms with Gasteiger partial charge in [0, 0.05) is 11.9 Å². The maximum absolute atomic E-state index is 12.4. The first-order chi connectivity index (χ1) is 11.7. The molecule has 124 valence electrons. The first-order valence-corrected chi connectivity index (χ1v) is 8.39. The smallest absolute Gasteiger partial charge is 0.313 e. The summed E-state index contributed by atoms with van der Waals surface area (Å²) in [6.07, 6.45) is 3.83. The summed E-state index contributed by atoms with van der Waals surface area (Å²) in [6.45, 7) is 2.80. The van der Waals surface area contributed by atoms with E-state index in [0.29, 0.717) is 18.7 Å². The summed E-state index contributed by atoms with van der Waals surface area (Å²) in [5.41, 5.74) is 1.02. The predicted octanol–water partition coefficient (Wildman–Crippen LogP) is 3.64. The molecule has 1 N–H and O–H groups in total. The average Bonchev–Trinajstić information content (AvgIpc) is 3.10. The predicted molar refractivity (Wildman–Crippen MR) is 92.5 cm³/mol. The molecule has 0 saturated heterocycles. The lowest BCUT2D eigenvalue weighted by atomic mass is 9.86. The number of hydrogen-bond donors (Lipinski definition) is 1. The van der Waals surface area contributed by atoms with E-state index in [4.69, 9.17) is 10.00 Å². The van der Waals surface area contributed by atoms with E-state index in [9.17, 15) is 4.79 Å². The lowest BCUT2D eigenvalue weighted by Crippen LogP contribution is -2.37. The normalized spacial score (nSPS) is 15.8. The Hall–Kier alpha value is -2.61. The Morgan fingerprint density at radius 2 is 2.12 bits per heavy atom. The highest BCUT2D eigenvalue weighted by molar-refractivity contribution is 5.82. The number of nitrogens with one attached hydrogen (secondary N) is 1. The summed E-state index contributed by atoms with van der Waals surface area (Å²) in [4.78, 5) is 16.9. The zero-order valence-corrected chi connectivity index (χ0v) is 13.8. The van der Waals surface area contributed by atoms with Crippen molar-refractivity contribution in [2.75, 3.05) is 18.5 Å². The Labute approximate surface area is 141 Å². The third-order valence-electron chi connectivity index (χ3n) is 4.70. The van der Waals surface area contributed by atoms with Crippen LogP contribution in [0.25, 0.3) is 10.9 Å². The molecule has 1 aliphatic carbocycles. The standard InChI is InChI=1S/C19H21N3O2/c1-2-24-18(23)19(9-3-4-10-19)13-21-17-8-6-15-11-14(12-20)5-7-16(15)22-17/h5-8,11H,2-4,9-10,13H2,1H3,(H,21,22). The van der Waals surface area contributed by atoms with Gasteiger partial charge in [-0.1, -0.05) is 12.8 Å². The van der Waals surface area contributed by atoms with Crippen molar-refractivity contribution in [3.63, 3.8) is 0 Å². The number of fused-ring (bicyclic) bond motifs is 1. The molecule has 1 saturated carbocycles. The van der Waals surface area contributed by atoms with Crippen LogP contribution < -0.4 is 5.32 Å². The van der Waals surface area contributed by atoms with Gasteiger partial charge in [-0.2, -0.15) is 5.26 Å². The minimum Gasteiger partial charge on any atom is -0.466 e. The van der Waals surface area contributed by atoms with Crippen LogP contribution in [-0.4, -0.2) is 24.1 Å². The van der Waals surface area contributed by atoms with E-state index in [1.165, 1.54) is 0 Å². The number of pyridine rings is 1. The highest BCUT2D eigenvalue weighted by Crippen LogP contribution is 2.39. The molecule has 5 heteroatoms. The molecule has 2 aromatic rings. The van der Waals surface area contributed by atoms with E-state index in [-0.39, 0.29) is 5.97 Å². The van der Waals surface area contributed by atoms with Crippen LogP contribution in [0.2, 0.25) is 0 Å². The van der Waals surface area contributed by atoms with Crippen LogP contribution in [0.5, 0.6) is 0 Å². The molecule has 0 atom stereocenters. The number of carbonyl (C=O) groups is 1. The fraction of sp³-hybridized carbons (Fsp3) is 0.421. The van der Waals surface area contributed by atoms with E-state index < -0.39 is 5.41 Å². The molecule has 1 aromatic carbocycles. The topological polar surface area (TPSA) is 75.0 Å². The Kier molecular flexibility index (Phi) is 4.66. The molecule has 3 rings (SSSR count). The molecule has 1 aliphatic rings. The van der Waals surface area contributed by atoms with Gasteiger partial charge in [-0.25, -0.2) is 4.98 Å². The number of esters is 1. The summed E-state index contributed by atoms with van der Waals surface area (Å²) in [5, 5.41) is 13.2. The van der Waals surface area contributed by atoms with Crippen molar-refractivity contribution in [2.45, 2.75) is 32.6 Å². The Balaban J connectivity index is 1.76. The molecule has 0 aliphatic heterocycles. The maximum atomic E-state index is 12.4. The van der Waals surface area contributed by atoms with Crippen LogP contribution in [0.15, 0.2) is 30.3 Å². The summed E-state index contributed by atoms with van der Waals surface area (Å²) < 4.78 is 5.28. The van der Waals surface area contributed by atoms with Crippen LogP contribution in [0.1, 0.15) is 38.2 Å². The maximum Gasteiger partial charge on any atom is 0.313 e. The quantitative estimate of drug-likeness (QED) is 0.850. The molecule has 0 spiro atoms. The lowest BCUT2D eigenvalue weighted by Gasteiger charge is -2.26. The largest absolute Gasteiger partial charge is 0.466 e. The second-order valence-corrected chi connectivity index (χ2v) is 6.28. The Bertz CT molecular complexity index is 789. The van der Waals surface area contributed by atoms with Crippen molar-refractivity contribution >= 4 is 22.7 Å². The molecule has 0 bridgehead atoms. The van der Waals surface area contributed by atoms with Crippen LogP contribution >= 0.6 is 0 Å². The molecule has 24 heavy (non-hydrogen) atoms. The Morgan fingerprint density at radius 3 is 2.83 bits per heavy atom. The minimum atomic E-state index is -0.433. The Morgan fingerprint density at radius 1 is 1.33 bits per heavy atom. The number of hydrogen-bond acceptors (Lipinski definition) is 5. The SMILES string of the molecule is CCOC(=O)C1(CNc2ccc3cc(C#N)ccc3n2)CCCC1. The van der Waals surface area contributed by atoms with Crippen LogP contribution in [0.4, 0.5) is 5.82 Å². The number of ether oxygens (including phenoxy) is 1. The van der Waals surface area contributed by atoms with Gasteiger partial charge in [0.15, 0.2) is 0 Å². The first-order valence-electron chi connectivity index (χ1n) is 8.39. The molecule has 1 aromatic heterocycles. The van der Waals surface area contributed by atoms with Crippen LogP contribution in [0.3, 0.4) is 0 Å². The number of anilines is 1. The number of nitrogens with zero attached hydrogens (tertiary/aromatic N) is 2. The number of benzene rings is 1. The fourth-order valence-corrected chi connectivity index (χ4v) is 3.34. The van der Waals surface area contributed by atoms with Gasteiger partial charge in [0.05, 0.1) is 29.2 Å². The molecular formula is C19H21N3O2. The van der Waals surface area contributed by atoms with Gasteiger partial charge in [0.1, 0.15) is 5.82 Å². The zero-order valence-electron chi connectivity index (χ0n) is 13.8. The molecular weight excluding hydrogens is 302 g/mol.